The Morgan fingerprint density at radius 1 is 1.31 bits per heavy atom. The summed E-state index contributed by atoms with van der Waals surface area (Å²) in [6.45, 7) is 0.905. The molecule has 2 aromatic rings. The second kappa shape index (κ2) is 8.16. The number of likely N-dealkylation sites (tertiary alicyclic amines) is 1. The number of pyridine rings is 1. The Hall–Kier alpha value is -1.96. The molecule has 1 atom stereocenters. The summed E-state index contributed by atoms with van der Waals surface area (Å²) >= 11 is 5.95. The molecule has 3 rings (SSSR count). The number of carbonyl (C=O) groups excluding carboxylic acids is 1. The summed E-state index contributed by atoms with van der Waals surface area (Å²) in [4.78, 5) is 18.2. The van der Waals surface area contributed by atoms with Crippen LogP contribution in [0.4, 0.5) is 0 Å². The molecule has 1 aromatic carbocycles. The van der Waals surface area contributed by atoms with Crippen LogP contribution in [-0.4, -0.2) is 42.5 Å². The maximum Gasteiger partial charge on any atom is 0.253 e. The molecule has 0 radical (unpaired) electrons. The average molecular weight is 394 g/mol. The van der Waals surface area contributed by atoms with Gasteiger partial charge in [0.05, 0.1) is 5.25 Å². The smallest absolute Gasteiger partial charge is 0.253 e. The first kappa shape index (κ1) is 18.8. The molecule has 8 heteroatoms. The van der Waals surface area contributed by atoms with Gasteiger partial charge in [0.15, 0.2) is 0 Å². The van der Waals surface area contributed by atoms with Crippen molar-refractivity contribution in [3.05, 3.63) is 64.9 Å². The lowest BCUT2D eigenvalue weighted by Crippen LogP contribution is -2.48. The summed E-state index contributed by atoms with van der Waals surface area (Å²) in [5.41, 5.74) is 1.26. The molecule has 26 heavy (non-hydrogen) atoms. The lowest BCUT2D eigenvalue weighted by atomic mass is 10.1. The first-order valence-electron chi connectivity index (χ1n) is 8.38. The SMILES string of the molecule is O=C(c1cccc(Cl)c1)N1CCC[C@H](S(=O)(=O)NCc2cccnc2)C1. The van der Waals surface area contributed by atoms with Crippen LogP contribution >= 0.6 is 11.6 Å². The van der Waals surface area contributed by atoms with Crippen molar-refractivity contribution in [1.82, 2.24) is 14.6 Å². The first-order chi connectivity index (χ1) is 12.5. The van der Waals surface area contributed by atoms with Crippen LogP contribution in [-0.2, 0) is 16.6 Å². The number of sulfonamides is 1. The average Bonchev–Trinajstić information content (AvgIpc) is 2.67. The standard InChI is InChI=1S/C18H20ClN3O3S/c19-16-6-1-5-15(10-16)18(23)22-9-3-7-17(13-22)26(24,25)21-12-14-4-2-8-20-11-14/h1-2,4-6,8,10-11,17,21H,3,7,9,12-13H2/t17-/m0/s1. The summed E-state index contributed by atoms with van der Waals surface area (Å²) in [5, 5.41) is -0.147. The molecule has 1 aliphatic rings. The summed E-state index contributed by atoms with van der Waals surface area (Å²) in [6, 6.07) is 10.3. The minimum Gasteiger partial charge on any atom is -0.337 e. The summed E-state index contributed by atoms with van der Waals surface area (Å²) in [7, 11) is -3.54. The van der Waals surface area contributed by atoms with Crippen LogP contribution in [0.3, 0.4) is 0 Å². The zero-order valence-corrected chi connectivity index (χ0v) is 15.7. The van der Waals surface area contributed by atoms with Crippen LogP contribution in [0.25, 0.3) is 0 Å². The lowest BCUT2D eigenvalue weighted by Gasteiger charge is -2.32. The van der Waals surface area contributed by atoms with E-state index < -0.39 is 15.3 Å². The van der Waals surface area contributed by atoms with Gasteiger partial charge >= 0.3 is 0 Å². The zero-order valence-electron chi connectivity index (χ0n) is 14.1. The van der Waals surface area contributed by atoms with Gasteiger partial charge in [0.1, 0.15) is 0 Å². The molecule has 0 saturated carbocycles. The number of hydrogen-bond acceptors (Lipinski definition) is 4. The van der Waals surface area contributed by atoms with E-state index >= 15 is 0 Å². The van der Waals surface area contributed by atoms with Gasteiger partial charge in [-0.3, -0.25) is 9.78 Å². The van der Waals surface area contributed by atoms with E-state index in [4.69, 9.17) is 11.6 Å². The molecule has 0 spiro atoms. The van der Waals surface area contributed by atoms with E-state index in [-0.39, 0.29) is 19.0 Å². The molecule has 1 aromatic heterocycles. The van der Waals surface area contributed by atoms with Crippen molar-refractivity contribution in [1.29, 1.82) is 0 Å². The third-order valence-electron chi connectivity index (χ3n) is 4.38. The minimum absolute atomic E-state index is 0.174. The van der Waals surface area contributed by atoms with Gasteiger partial charge in [-0.15, -0.1) is 0 Å². The molecule has 6 nitrogen and oxygen atoms in total. The Bertz CT molecular complexity index is 874. The number of halogens is 1. The zero-order chi connectivity index (χ0) is 18.6. The molecular weight excluding hydrogens is 374 g/mol. The van der Waals surface area contributed by atoms with Gasteiger partial charge in [-0.05, 0) is 42.7 Å². The summed E-state index contributed by atoms with van der Waals surface area (Å²) in [6.07, 6.45) is 4.43. The van der Waals surface area contributed by atoms with Crippen LogP contribution in [0, 0.1) is 0 Å². The van der Waals surface area contributed by atoms with Gasteiger partial charge in [0.25, 0.3) is 5.91 Å². The fraction of sp³-hybridized carbons (Fsp3) is 0.333. The Balaban J connectivity index is 1.66. The van der Waals surface area contributed by atoms with E-state index in [0.29, 0.717) is 30.0 Å². The molecule has 2 heterocycles. The molecule has 1 N–H and O–H groups in total. The van der Waals surface area contributed by atoms with Crippen LogP contribution < -0.4 is 4.72 Å². The first-order valence-corrected chi connectivity index (χ1v) is 10.3. The maximum atomic E-state index is 12.6. The minimum atomic E-state index is -3.54. The van der Waals surface area contributed by atoms with E-state index in [2.05, 4.69) is 9.71 Å². The quantitative estimate of drug-likeness (QED) is 0.846. The number of hydrogen-bond donors (Lipinski definition) is 1. The highest BCUT2D eigenvalue weighted by molar-refractivity contribution is 7.90. The predicted octanol–water partition coefficient (Wildman–Crippen LogP) is 2.46. The molecule has 1 amide bonds. The lowest BCUT2D eigenvalue weighted by molar-refractivity contribution is 0.0726. The maximum absolute atomic E-state index is 12.6. The van der Waals surface area contributed by atoms with Gasteiger partial charge in [-0.25, -0.2) is 13.1 Å². The summed E-state index contributed by atoms with van der Waals surface area (Å²) in [5.74, 6) is -0.195. The van der Waals surface area contributed by atoms with E-state index in [1.807, 2.05) is 6.07 Å². The second-order valence-electron chi connectivity index (χ2n) is 6.25. The van der Waals surface area contributed by atoms with Gasteiger partial charge in [-0.1, -0.05) is 23.7 Å². The van der Waals surface area contributed by atoms with Crippen molar-refractivity contribution in [3.63, 3.8) is 0 Å². The van der Waals surface area contributed by atoms with Crippen molar-refractivity contribution in [2.45, 2.75) is 24.6 Å². The van der Waals surface area contributed by atoms with E-state index in [1.54, 1.807) is 47.6 Å². The van der Waals surface area contributed by atoms with Crippen LogP contribution in [0.5, 0.6) is 0 Å². The molecule has 1 fully saturated rings. The van der Waals surface area contributed by atoms with Crippen molar-refractivity contribution in [3.8, 4) is 0 Å². The number of piperidine rings is 1. The van der Waals surface area contributed by atoms with Crippen molar-refractivity contribution in [2.75, 3.05) is 13.1 Å². The molecule has 0 unspecified atom stereocenters. The highest BCUT2D eigenvalue weighted by Gasteiger charge is 2.32. The third kappa shape index (κ3) is 4.60. The molecule has 0 bridgehead atoms. The van der Waals surface area contributed by atoms with E-state index in [0.717, 1.165) is 5.56 Å². The highest BCUT2D eigenvalue weighted by Crippen LogP contribution is 2.20. The van der Waals surface area contributed by atoms with Crippen LogP contribution in [0.1, 0.15) is 28.8 Å². The Kier molecular flexibility index (Phi) is 5.90. The number of nitrogens with one attached hydrogen (secondary N) is 1. The van der Waals surface area contributed by atoms with Gasteiger partial charge in [0, 0.05) is 42.6 Å². The molecular formula is C18H20ClN3O3S. The van der Waals surface area contributed by atoms with E-state index in [1.165, 1.54) is 0 Å². The number of nitrogens with zero attached hydrogens (tertiary/aromatic N) is 2. The highest BCUT2D eigenvalue weighted by atomic mass is 35.5. The number of carbonyl (C=O) groups is 1. The van der Waals surface area contributed by atoms with E-state index in [9.17, 15) is 13.2 Å². The molecule has 0 aliphatic carbocycles. The third-order valence-corrected chi connectivity index (χ3v) is 6.42. The Morgan fingerprint density at radius 2 is 2.15 bits per heavy atom. The largest absolute Gasteiger partial charge is 0.337 e. The van der Waals surface area contributed by atoms with Crippen molar-refractivity contribution in [2.24, 2.45) is 0 Å². The summed E-state index contributed by atoms with van der Waals surface area (Å²) < 4.78 is 27.9. The molecule has 1 aliphatic heterocycles. The molecule has 1 saturated heterocycles. The van der Waals surface area contributed by atoms with Crippen LogP contribution in [0.15, 0.2) is 48.8 Å². The van der Waals surface area contributed by atoms with Crippen LogP contribution in [0.2, 0.25) is 5.02 Å². The van der Waals surface area contributed by atoms with Gasteiger partial charge in [-0.2, -0.15) is 0 Å². The topological polar surface area (TPSA) is 79.4 Å². The number of benzene rings is 1. The number of aromatic nitrogens is 1. The molecule has 138 valence electrons. The monoisotopic (exact) mass is 393 g/mol. The Labute approximate surface area is 158 Å². The second-order valence-corrected chi connectivity index (χ2v) is 8.73. The normalized spacial score (nSPS) is 17.9. The predicted molar refractivity (Wildman–Crippen MR) is 100 cm³/mol. The van der Waals surface area contributed by atoms with Crippen molar-refractivity contribution >= 4 is 27.5 Å². The fourth-order valence-corrected chi connectivity index (χ4v) is 4.63. The fourth-order valence-electron chi connectivity index (χ4n) is 2.98. The van der Waals surface area contributed by atoms with Gasteiger partial charge in [0.2, 0.25) is 10.0 Å². The van der Waals surface area contributed by atoms with Gasteiger partial charge < -0.3 is 4.90 Å². The Morgan fingerprint density at radius 3 is 2.88 bits per heavy atom. The van der Waals surface area contributed by atoms with Crippen molar-refractivity contribution < 1.29 is 13.2 Å². The number of rotatable bonds is 5. The number of amides is 1.